The summed E-state index contributed by atoms with van der Waals surface area (Å²) >= 11 is 0. The molecule has 1 aromatic carbocycles. The van der Waals surface area contributed by atoms with Crippen molar-refractivity contribution >= 4 is 5.96 Å². The Morgan fingerprint density at radius 2 is 2.10 bits per heavy atom. The van der Waals surface area contributed by atoms with E-state index in [2.05, 4.69) is 46.8 Å². The number of aryl methyl sites for hydroxylation is 1. The average Bonchev–Trinajstić information content (AvgIpc) is 3.07. The average molecular weight is 413 g/mol. The summed E-state index contributed by atoms with van der Waals surface area (Å²) in [5, 5.41) is 15.6. The molecule has 1 aromatic heterocycles. The van der Waals surface area contributed by atoms with Crippen molar-refractivity contribution < 1.29 is 4.74 Å². The van der Waals surface area contributed by atoms with Crippen LogP contribution in [0, 0.1) is 6.92 Å². The van der Waals surface area contributed by atoms with Gasteiger partial charge in [0, 0.05) is 25.1 Å². The summed E-state index contributed by atoms with van der Waals surface area (Å²) in [5.74, 6) is 3.53. The highest BCUT2D eigenvalue weighted by Crippen LogP contribution is 2.31. The third-order valence-corrected chi connectivity index (χ3v) is 5.70. The van der Waals surface area contributed by atoms with Crippen molar-refractivity contribution in [3.63, 3.8) is 0 Å². The van der Waals surface area contributed by atoms with Crippen LogP contribution in [0.1, 0.15) is 75.6 Å². The van der Waals surface area contributed by atoms with Gasteiger partial charge in [0.2, 0.25) is 0 Å². The first-order valence-electron chi connectivity index (χ1n) is 11.2. The van der Waals surface area contributed by atoms with Gasteiger partial charge in [-0.25, -0.2) is 4.99 Å². The maximum absolute atomic E-state index is 5.82. The fourth-order valence-electron chi connectivity index (χ4n) is 3.71. The van der Waals surface area contributed by atoms with Gasteiger partial charge in [-0.2, -0.15) is 0 Å². The molecule has 0 bridgehead atoms. The smallest absolute Gasteiger partial charge is 0.192 e. The van der Waals surface area contributed by atoms with Gasteiger partial charge in [0.1, 0.15) is 18.1 Å². The quantitative estimate of drug-likeness (QED) is 0.369. The first-order valence-corrected chi connectivity index (χ1v) is 11.2. The van der Waals surface area contributed by atoms with E-state index in [0.29, 0.717) is 19.2 Å². The van der Waals surface area contributed by atoms with Gasteiger partial charge in [0.05, 0.1) is 12.6 Å². The minimum absolute atomic E-state index is 0.176. The molecule has 2 atom stereocenters. The fraction of sp³-hybridized carbons (Fsp3) is 0.609. The number of aromatic nitrogens is 3. The second-order valence-corrected chi connectivity index (χ2v) is 8.15. The Bertz CT molecular complexity index is 831. The first-order chi connectivity index (χ1) is 14.6. The maximum Gasteiger partial charge on any atom is 0.192 e. The van der Waals surface area contributed by atoms with Crippen LogP contribution >= 0.6 is 0 Å². The summed E-state index contributed by atoms with van der Waals surface area (Å²) in [6.45, 7) is 7.62. The Morgan fingerprint density at radius 1 is 1.27 bits per heavy atom. The molecule has 164 valence electrons. The Morgan fingerprint density at radius 3 is 2.87 bits per heavy atom. The number of guanidine groups is 1. The number of hydrogen-bond donors (Lipinski definition) is 2. The molecule has 7 nitrogen and oxygen atoms in total. The fourth-order valence-corrected chi connectivity index (χ4v) is 3.71. The first kappa shape index (κ1) is 22.1. The van der Waals surface area contributed by atoms with E-state index in [1.54, 1.807) is 0 Å². The number of aliphatic imine (C=N–C) groups is 1. The lowest BCUT2D eigenvalue weighted by molar-refractivity contribution is 0.261. The number of hydrogen-bond acceptors (Lipinski definition) is 4. The Hall–Kier alpha value is -2.57. The standard InChI is InChI=1S/C23H36N6O/c1-5-6-7-8-11-17(2)25-23(24-16-22-28-27-18(3)29(22)4)26-20-14-15-30-21-13-10-9-12-19(20)21/h9-10,12-13,17,20H,5-8,11,14-16H2,1-4H3,(H2,24,25,26). The summed E-state index contributed by atoms with van der Waals surface area (Å²) in [6, 6.07) is 8.77. The van der Waals surface area contributed by atoms with Crippen molar-refractivity contribution in [2.75, 3.05) is 6.61 Å². The highest BCUT2D eigenvalue weighted by atomic mass is 16.5. The highest BCUT2D eigenvalue weighted by molar-refractivity contribution is 5.80. The Labute approximate surface area is 180 Å². The molecule has 0 saturated carbocycles. The lowest BCUT2D eigenvalue weighted by Crippen LogP contribution is -2.44. The molecule has 2 N–H and O–H groups in total. The molecule has 0 spiro atoms. The van der Waals surface area contributed by atoms with E-state index < -0.39 is 0 Å². The molecule has 0 amide bonds. The van der Waals surface area contributed by atoms with Gasteiger partial charge in [-0.3, -0.25) is 0 Å². The summed E-state index contributed by atoms with van der Waals surface area (Å²) in [7, 11) is 1.98. The molecular formula is C23H36N6O. The van der Waals surface area contributed by atoms with E-state index >= 15 is 0 Å². The highest BCUT2D eigenvalue weighted by Gasteiger charge is 2.22. The van der Waals surface area contributed by atoms with Crippen LogP contribution in [0.2, 0.25) is 0 Å². The zero-order chi connectivity index (χ0) is 21.3. The molecule has 0 aliphatic carbocycles. The van der Waals surface area contributed by atoms with Crippen molar-refractivity contribution in [3.8, 4) is 5.75 Å². The molecule has 2 heterocycles. The predicted molar refractivity (Wildman–Crippen MR) is 121 cm³/mol. The van der Waals surface area contributed by atoms with Crippen LogP contribution in [-0.4, -0.2) is 33.4 Å². The minimum Gasteiger partial charge on any atom is -0.493 e. The normalized spacial score (nSPS) is 17.2. The van der Waals surface area contributed by atoms with Crippen LogP contribution in [0.5, 0.6) is 5.75 Å². The summed E-state index contributed by atoms with van der Waals surface area (Å²) in [5.41, 5.74) is 1.18. The number of fused-ring (bicyclic) bond motifs is 1. The van der Waals surface area contributed by atoms with E-state index in [1.807, 2.05) is 30.7 Å². The number of nitrogens with one attached hydrogen (secondary N) is 2. The molecule has 2 aromatic rings. The van der Waals surface area contributed by atoms with Crippen molar-refractivity contribution in [1.29, 1.82) is 0 Å². The van der Waals surface area contributed by atoms with Gasteiger partial charge in [0.25, 0.3) is 0 Å². The van der Waals surface area contributed by atoms with Crippen molar-refractivity contribution in [1.82, 2.24) is 25.4 Å². The molecule has 0 radical (unpaired) electrons. The van der Waals surface area contributed by atoms with E-state index in [4.69, 9.17) is 9.73 Å². The monoisotopic (exact) mass is 412 g/mol. The lowest BCUT2D eigenvalue weighted by atomic mass is 10.0. The largest absolute Gasteiger partial charge is 0.493 e. The van der Waals surface area contributed by atoms with Gasteiger partial charge in [-0.15, -0.1) is 10.2 Å². The third-order valence-electron chi connectivity index (χ3n) is 5.70. The Balaban J connectivity index is 1.70. The molecule has 7 heteroatoms. The Kier molecular flexibility index (Phi) is 8.11. The number of nitrogens with zero attached hydrogens (tertiary/aromatic N) is 4. The second kappa shape index (κ2) is 11.0. The zero-order valence-corrected chi connectivity index (χ0v) is 18.8. The van der Waals surface area contributed by atoms with Gasteiger partial charge in [-0.05, 0) is 26.3 Å². The van der Waals surface area contributed by atoms with E-state index in [-0.39, 0.29) is 6.04 Å². The lowest BCUT2D eigenvalue weighted by Gasteiger charge is -2.29. The van der Waals surface area contributed by atoms with Crippen molar-refractivity contribution in [2.45, 2.75) is 77.9 Å². The maximum atomic E-state index is 5.82. The van der Waals surface area contributed by atoms with Gasteiger partial charge >= 0.3 is 0 Å². The third kappa shape index (κ3) is 5.97. The van der Waals surface area contributed by atoms with Crippen LogP contribution in [0.25, 0.3) is 0 Å². The van der Waals surface area contributed by atoms with E-state index in [1.165, 1.54) is 31.2 Å². The van der Waals surface area contributed by atoms with Crippen LogP contribution in [0.3, 0.4) is 0 Å². The molecule has 0 saturated heterocycles. The summed E-state index contributed by atoms with van der Waals surface area (Å²) < 4.78 is 7.80. The van der Waals surface area contributed by atoms with Crippen LogP contribution < -0.4 is 15.4 Å². The van der Waals surface area contributed by atoms with E-state index in [9.17, 15) is 0 Å². The predicted octanol–water partition coefficient (Wildman–Crippen LogP) is 4.04. The summed E-state index contributed by atoms with van der Waals surface area (Å²) in [4.78, 5) is 4.85. The number of rotatable bonds is 9. The van der Waals surface area contributed by atoms with Gasteiger partial charge < -0.3 is 19.9 Å². The molecule has 0 fully saturated rings. The summed E-state index contributed by atoms with van der Waals surface area (Å²) in [6.07, 6.45) is 7.12. The molecular weight excluding hydrogens is 376 g/mol. The molecule has 1 aliphatic rings. The van der Waals surface area contributed by atoms with Crippen molar-refractivity contribution in [2.24, 2.45) is 12.0 Å². The number of ether oxygens (including phenoxy) is 1. The molecule has 2 unspecified atom stereocenters. The number of unbranched alkanes of at least 4 members (excludes halogenated alkanes) is 3. The molecule has 30 heavy (non-hydrogen) atoms. The minimum atomic E-state index is 0.176. The van der Waals surface area contributed by atoms with Crippen LogP contribution in [-0.2, 0) is 13.6 Å². The van der Waals surface area contributed by atoms with Gasteiger partial charge in [0.15, 0.2) is 11.8 Å². The SMILES string of the molecule is CCCCCCC(C)NC(=NCc1nnc(C)n1C)NC1CCOc2ccccc21. The van der Waals surface area contributed by atoms with Crippen molar-refractivity contribution in [3.05, 3.63) is 41.5 Å². The molecule has 1 aliphatic heterocycles. The van der Waals surface area contributed by atoms with Crippen LogP contribution in [0.15, 0.2) is 29.3 Å². The number of para-hydroxylation sites is 1. The number of benzene rings is 1. The molecule has 3 rings (SSSR count). The van der Waals surface area contributed by atoms with Gasteiger partial charge in [-0.1, -0.05) is 50.8 Å². The second-order valence-electron chi connectivity index (χ2n) is 8.15. The van der Waals surface area contributed by atoms with E-state index in [0.717, 1.165) is 36.2 Å². The topological polar surface area (TPSA) is 76.4 Å². The zero-order valence-electron chi connectivity index (χ0n) is 18.8. The van der Waals surface area contributed by atoms with Crippen LogP contribution in [0.4, 0.5) is 0 Å².